The minimum absolute atomic E-state index is 0.0301. The van der Waals surface area contributed by atoms with Gasteiger partial charge in [-0.2, -0.15) is 0 Å². The summed E-state index contributed by atoms with van der Waals surface area (Å²) in [5, 5.41) is 0. The first-order chi connectivity index (χ1) is 3.39. The van der Waals surface area contributed by atoms with Crippen LogP contribution in [0, 0.1) is 0 Å². The number of hydrogen-bond acceptors (Lipinski definition) is 1. The molecular weight excluding hydrogens is 92.1 g/mol. The fraction of sp³-hybridized carbons (Fsp3) is 0.200. The second kappa shape index (κ2) is 1.69. The second-order valence-electron chi connectivity index (χ2n) is 1.30. The highest BCUT2D eigenvalue weighted by molar-refractivity contribution is 6.25. The normalized spacial score (nSPS) is 18.0. The maximum absolute atomic E-state index is 10.2. The number of ketones is 1. The van der Waals surface area contributed by atoms with Crippen LogP contribution in [-0.4, -0.2) is 12.1 Å². The maximum atomic E-state index is 10.2. The van der Waals surface area contributed by atoms with Gasteiger partial charge in [0.05, 0.1) is 0 Å². The van der Waals surface area contributed by atoms with Gasteiger partial charge in [-0.3, -0.25) is 4.79 Å². The van der Waals surface area contributed by atoms with E-state index >= 15 is 0 Å². The van der Waals surface area contributed by atoms with Gasteiger partial charge >= 0.3 is 12.5 Å². The Balaban J connectivity index is 2.66. The van der Waals surface area contributed by atoms with Crippen molar-refractivity contribution in [1.29, 1.82) is 0 Å². The number of allylic oxidation sites excluding steroid dienone is 1. The Labute approximate surface area is 41.1 Å². The van der Waals surface area contributed by atoms with Crippen molar-refractivity contribution >= 4 is 12.1 Å². The Morgan fingerprint density at radius 1 is 1.71 bits per heavy atom. The summed E-state index contributed by atoms with van der Waals surface area (Å²) in [4.78, 5) is 10.2. The van der Waals surface area contributed by atoms with Gasteiger partial charge in [-0.05, 0) is 0 Å². The molecule has 7 heavy (non-hydrogen) atoms. The summed E-state index contributed by atoms with van der Waals surface area (Å²) in [5.74, 6) is 0.0301. The lowest BCUT2D eigenvalue weighted by molar-refractivity contribution is -0.367. The van der Waals surface area contributed by atoms with Gasteiger partial charge in [0.15, 0.2) is 0 Å². The largest absolute Gasteiger partial charge is 0.360 e. The van der Waals surface area contributed by atoms with Crippen molar-refractivity contribution < 1.29 is 9.22 Å². The molecular formula is C5H5O2+. The quantitative estimate of drug-likeness (QED) is 0.241. The first-order valence-corrected chi connectivity index (χ1v) is 2.06. The molecule has 2 nitrogen and oxygen atoms in total. The second-order valence-corrected chi connectivity index (χ2v) is 1.30. The van der Waals surface area contributed by atoms with Gasteiger partial charge in [-0.25, -0.2) is 4.42 Å². The number of Topliss-reactive ketones (excluding diaryl/α,β-unsaturated/α-hetero) is 1. The molecule has 0 spiro atoms. The molecule has 0 unspecified atom stereocenters. The molecule has 0 amide bonds. The third kappa shape index (κ3) is 0.961. The summed E-state index contributed by atoms with van der Waals surface area (Å²) in [5.41, 5.74) is 0. The molecule has 0 saturated carbocycles. The molecule has 0 N–H and O–H groups in total. The van der Waals surface area contributed by atoms with E-state index in [9.17, 15) is 4.79 Å². The van der Waals surface area contributed by atoms with Gasteiger partial charge in [0.1, 0.15) is 0 Å². The number of carbonyl (C=O) groups is 1. The van der Waals surface area contributed by atoms with Crippen LogP contribution in [0.5, 0.6) is 0 Å². The van der Waals surface area contributed by atoms with Crippen molar-refractivity contribution in [2.24, 2.45) is 0 Å². The molecule has 0 bridgehead atoms. The third-order valence-electron chi connectivity index (χ3n) is 0.693. The molecule has 0 fully saturated rings. The van der Waals surface area contributed by atoms with Crippen molar-refractivity contribution in [3.63, 3.8) is 0 Å². The van der Waals surface area contributed by atoms with Crippen LogP contribution in [0.15, 0.2) is 12.3 Å². The first-order valence-electron chi connectivity index (χ1n) is 2.06. The van der Waals surface area contributed by atoms with E-state index in [4.69, 9.17) is 0 Å². The highest BCUT2D eigenvalue weighted by Crippen LogP contribution is 1.86. The number of rotatable bonds is 0. The Morgan fingerprint density at radius 2 is 2.57 bits per heavy atom. The van der Waals surface area contributed by atoms with Crippen LogP contribution < -0.4 is 0 Å². The van der Waals surface area contributed by atoms with Crippen molar-refractivity contribution in [3.8, 4) is 0 Å². The number of hydrogen-bond donors (Lipinski definition) is 0. The highest BCUT2D eigenvalue weighted by atomic mass is 16.4. The van der Waals surface area contributed by atoms with E-state index in [2.05, 4.69) is 4.42 Å². The zero-order valence-corrected chi connectivity index (χ0v) is 3.76. The van der Waals surface area contributed by atoms with Crippen LogP contribution in [0.25, 0.3) is 0 Å². The predicted molar refractivity (Wildman–Crippen MR) is 24.8 cm³/mol. The van der Waals surface area contributed by atoms with E-state index < -0.39 is 0 Å². The Bertz CT molecular complexity index is 133. The van der Waals surface area contributed by atoms with Crippen LogP contribution in [-0.2, 0) is 9.22 Å². The summed E-state index contributed by atoms with van der Waals surface area (Å²) in [7, 11) is 0. The minimum atomic E-state index is 0.0301. The van der Waals surface area contributed by atoms with Crippen LogP contribution >= 0.6 is 0 Å². The molecule has 1 rings (SSSR count). The van der Waals surface area contributed by atoms with Crippen molar-refractivity contribution in [2.45, 2.75) is 6.42 Å². The average molecular weight is 97.1 g/mol. The van der Waals surface area contributed by atoms with Gasteiger partial charge in [0.25, 0.3) is 5.78 Å². The summed E-state index contributed by atoms with van der Waals surface area (Å²) in [6.07, 6.45) is 4.88. The van der Waals surface area contributed by atoms with Crippen LogP contribution in [0.2, 0.25) is 0 Å². The Kier molecular flexibility index (Phi) is 1.02. The zero-order chi connectivity index (χ0) is 5.11. The fourth-order valence-corrected chi connectivity index (χ4v) is 0.383. The van der Waals surface area contributed by atoms with E-state index in [1.807, 2.05) is 0 Å². The van der Waals surface area contributed by atoms with Gasteiger partial charge in [0.2, 0.25) is 0 Å². The lowest BCUT2D eigenvalue weighted by atomic mass is 10.3. The molecule has 0 aromatic rings. The minimum Gasteiger partial charge on any atom is -0.285 e. The maximum Gasteiger partial charge on any atom is 0.360 e. The van der Waals surface area contributed by atoms with Crippen molar-refractivity contribution in [3.05, 3.63) is 12.3 Å². The van der Waals surface area contributed by atoms with Gasteiger partial charge in [0, 0.05) is 12.5 Å². The van der Waals surface area contributed by atoms with E-state index in [0.29, 0.717) is 6.42 Å². The Hall–Kier alpha value is -0.920. The molecule has 0 aromatic heterocycles. The van der Waals surface area contributed by atoms with E-state index in [-0.39, 0.29) is 5.78 Å². The third-order valence-corrected chi connectivity index (χ3v) is 0.693. The molecule has 0 saturated heterocycles. The number of carbonyl (C=O) groups excluding carboxylic acids is 2. The lowest BCUT2D eigenvalue weighted by Crippen LogP contribution is -2.00. The van der Waals surface area contributed by atoms with Crippen LogP contribution in [0.4, 0.5) is 0 Å². The Morgan fingerprint density at radius 3 is 2.86 bits per heavy atom. The molecule has 0 aromatic carbocycles. The SMILES string of the molecule is O=C1C=[O+]C=CC1. The van der Waals surface area contributed by atoms with E-state index in [0.717, 1.165) is 0 Å². The van der Waals surface area contributed by atoms with E-state index in [1.165, 1.54) is 12.5 Å². The average Bonchev–Trinajstić information content (AvgIpc) is 1.69. The van der Waals surface area contributed by atoms with E-state index in [1.54, 1.807) is 6.08 Å². The monoisotopic (exact) mass is 97.0 g/mol. The van der Waals surface area contributed by atoms with Gasteiger partial charge in [-0.1, -0.05) is 0 Å². The fourth-order valence-electron chi connectivity index (χ4n) is 0.383. The summed E-state index contributed by atoms with van der Waals surface area (Å²) < 4.78 is 4.53. The lowest BCUT2D eigenvalue weighted by Gasteiger charge is -1.77. The number of aldehydes is 1. The summed E-state index contributed by atoms with van der Waals surface area (Å²) in [6, 6.07) is 0. The summed E-state index contributed by atoms with van der Waals surface area (Å²) in [6.45, 7) is 0. The van der Waals surface area contributed by atoms with Crippen LogP contribution in [0.1, 0.15) is 6.42 Å². The molecule has 36 valence electrons. The highest BCUT2D eigenvalue weighted by Gasteiger charge is 2.05. The van der Waals surface area contributed by atoms with Gasteiger partial charge < -0.3 is 0 Å². The zero-order valence-electron chi connectivity index (χ0n) is 3.76. The molecule has 0 aliphatic carbocycles. The topological polar surface area (TPSA) is 28.4 Å². The van der Waals surface area contributed by atoms with Gasteiger partial charge in [-0.15, -0.1) is 0 Å². The molecule has 1 heterocycles. The molecule has 0 radical (unpaired) electrons. The molecule has 2 heteroatoms. The summed E-state index contributed by atoms with van der Waals surface area (Å²) >= 11 is 0. The molecule has 1 aliphatic heterocycles. The standard InChI is InChI=1S/C5H5O2/c6-5-2-1-3-7-4-5/h1,3-4H,2H2/q+1. The molecule has 1 aliphatic rings. The van der Waals surface area contributed by atoms with Crippen molar-refractivity contribution in [1.82, 2.24) is 0 Å². The molecule has 0 atom stereocenters. The first kappa shape index (κ1) is 4.24. The van der Waals surface area contributed by atoms with Crippen molar-refractivity contribution in [2.75, 3.05) is 0 Å². The predicted octanol–water partition coefficient (Wildman–Crippen LogP) is 0.207. The van der Waals surface area contributed by atoms with Crippen LogP contribution in [0.3, 0.4) is 0 Å². The smallest absolute Gasteiger partial charge is 0.285 e.